The highest BCUT2D eigenvalue weighted by Crippen LogP contribution is 2.05. The summed E-state index contributed by atoms with van der Waals surface area (Å²) >= 11 is 0. The molecule has 0 atom stereocenters. The fourth-order valence-corrected chi connectivity index (χ4v) is 1.85. The molecular weight excluding hydrogens is 188 g/mol. The van der Waals surface area contributed by atoms with Crippen molar-refractivity contribution in [3.05, 3.63) is 0 Å². The molecule has 0 saturated carbocycles. The number of rotatable bonds is 10. The van der Waals surface area contributed by atoms with Gasteiger partial charge in [0.1, 0.15) is 0 Å². The standard InChI is InChI=1S/C12H28N2O/c1-5-12(6-2)14(3)10-7-8-13-9-11-15-4/h12-13H,5-11H2,1-4H3. The Morgan fingerprint density at radius 1 is 1.20 bits per heavy atom. The Balaban J connectivity index is 3.33. The molecule has 0 unspecified atom stereocenters. The highest BCUT2D eigenvalue weighted by Gasteiger charge is 2.08. The summed E-state index contributed by atoms with van der Waals surface area (Å²) in [6, 6.07) is 0.754. The van der Waals surface area contributed by atoms with Crippen molar-refractivity contribution in [1.29, 1.82) is 0 Å². The molecule has 0 aliphatic rings. The second kappa shape index (κ2) is 10.4. The maximum atomic E-state index is 4.97. The Hall–Kier alpha value is -0.120. The van der Waals surface area contributed by atoms with Crippen LogP contribution in [-0.2, 0) is 4.74 Å². The van der Waals surface area contributed by atoms with E-state index >= 15 is 0 Å². The van der Waals surface area contributed by atoms with E-state index in [4.69, 9.17) is 4.74 Å². The van der Waals surface area contributed by atoms with Gasteiger partial charge in [0.15, 0.2) is 0 Å². The van der Waals surface area contributed by atoms with Gasteiger partial charge >= 0.3 is 0 Å². The minimum atomic E-state index is 0.754. The minimum absolute atomic E-state index is 0.754. The number of methoxy groups -OCH3 is 1. The molecule has 0 aromatic carbocycles. The predicted octanol–water partition coefficient (Wildman–Crippen LogP) is 1.73. The molecule has 0 aromatic heterocycles. The van der Waals surface area contributed by atoms with Gasteiger partial charge in [-0.25, -0.2) is 0 Å². The lowest BCUT2D eigenvalue weighted by molar-refractivity contribution is 0.196. The zero-order chi connectivity index (χ0) is 11.5. The average Bonchev–Trinajstić information content (AvgIpc) is 2.25. The summed E-state index contributed by atoms with van der Waals surface area (Å²) in [5.74, 6) is 0. The summed E-state index contributed by atoms with van der Waals surface area (Å²) < 4.78 is 4.97. The highest BCUT2D eigenvalue weighted by atomic mass is 16.5. The first-order valence-corrected chi connectivity index (χ1v) is 6.16. The van der Waals surface area contributed by atoms with Gasteiger partial charge in [-0.3, -0.25) is 0 Å². The Kier molecular flexibility index (Phi) is 10.3. The molecule has 0 aliphatic carbocycles. The van der Waals surface area contributed by atoms with Crippen LogP contribution in [0.1, 0.15) is 33.1 Å². The number of hydrogen-bond donors (Lipinski definition) is 1. The minimum Gasteiger partial charge on any atom is -0.383 e. The number of ether oxygens (including phenoxy) is 1. The first-order valence-electron chi connectivity index (χ1n) is 6.16. The summed E-state index contributed by atoms with van der Waals surface area (Å²) in [4.78, 5) is 2.47. The highest BCUT2D eigenvalue weighted by molar-refractivity contribution is 4.65. The molecule has 0 aromatic rings. The predicted molar refractivity (Wildman–Crippen MR) is 66.4 cm³/mol. The Labute approximate surface area is 95.2 Å². The number of nitrogens with zero attached hydrogens (tertiary/aromatic N) is 1. The van der Waals surface area contributed by atoms with Crippen molar-refractivity contribution in [2.45, 2.75) is 39.2 Å². The van der Waals surface area contributed by atoms with Gasteiger partial charge in [0, 0.05) is 19.7 Å². The Bertz CT molecular complexity index is 127. The van der Waals surface area contributed by atoms with Crippen LogP contribution in [0.2, 0.25) is 0 Å². The van der Waals surface area contributed by atoms with Crippen LogP contribution in [0.5, 0.6) is 0 Å². The molecule has 0 saturated heterocycles. The lowest BCUT2D eigenvalue weighted by atomic mass is 10.1. The molecule has 1 N–H and O–H groups in total. The van der Waals surface area contributed by atoms with E-state index in [1.165, 1.54) is 25.8 Å². The van der Waals surface area contributed by atoms with E-state index in [2.05, 4.69) is 31.1 Å². The van der Waals surface area contributed by atoms with E-state index in [0.29, 0.717) is 0 Å². The summed E-state index contributed by atoms with van der Waals surface area (Å²) in [6.45, 7) is 8.58. The van der Waals surface area contributed by atoms with Crippen LogP contribution in [-0.4, -0.2) is 51.3 Å². The summed E-state index contributed by atoms with van der Waals surface area (Å²) in [6.07, 6.45) is 3.73. The van der Waals surface area contributed by atoms with Crippen molar-refractivity contribution in [2.24, 2.45) is 0 Å². The van der Waals surface area contributed by atoms with Gasteiger partial charge < -0.3 is 15.0 Å². The average molecular weight is 216 g/mol. The van der Waals surface area contributed by atoms with Crippen molar-refractivity contribution in [2.75, 3.05) is 40.4 Å². The maximum Gasteiger partial charge on any atom is 0.0587 e. The monoisotopic (exact) mass is 216 g/mol. The molecule has 0 amide bonds. The normalized spacial score (nSPS) is 11.6. The molecule has 3 heteroatoms. The molecule has 0 aliphatic heterocycles. The van der Waals surface area contributed by atoms with Crippen LogP contribution >= 0.6 is 0 Å². The molecule has 0 spiro atoms. The van der Waals surface area contributed by atoms with Crippen LogP contribution < -0.4 is 5.32 Å². The first-order chi connectivity index (χ1) is 7.26. The third-order valence-electron chi connectivity index (χ3n) is 2.91. The van der Waals surface area contributed by atoms with Crippen LogP contribution in [0.3, 0.4) is 0 Å². The largest absolute Gasteiger partial charge is 0.383 e. The fraction of sp³-hybridized carbons (Fsp3) is 1.00. The lowest BCUT2D eigenvalue weighted by Crippen LogP contribution is -2.33. The number of hydrogen-bond acceptors (Lipinski definition) is 3. The van der Waals surface area contributed by atoms with Crippen LogP contribution in [0.15, 0.2) is 0 Å². The lowest BCUT2D eigenvalue weighted by Gasteiger charge is -2.25. The van der Waals surface area contributed by atoms with E-state index in [0.717, 1.165) is 25.7 Å². The summed E-state index contributed by atoms with van der Waals surface area (Å²) in [5, 5.41) is 3.36. The van der Waals surface area contributed by atoms with Gasteiger partial charge in [-0.2, -0.15) is 0 Å². The third-order valence-corrected chi connectivity index (χ3v) is 2.91. The zero-order valence-corrected chi connectivity index (χ0v) is 10.9. The second-order valence-electron chi connectivity index (χ2n) is 4.05. The van der Waals surface area contributed by atoms with Gasteiger partial charge in [-0.15, -0.1) is 0 Å². The fourth-order valence-electron chi connectivity index (χ4n) is 1.85. The smallest absolute Gasteiger partial charge is 0.0587 e. The van der Waals surface area contributed by atoms with Gasteiger partial charge in [0.05, 0.1) is 6.61 Å². The number of nitrogens with one attached hydrogen (secondary N) is 1. The van der Waals surface area contributed by atoms with Crippen molar-refractivity contribution in [3.63, 3.8) is 0 Å². The molecular formula is C12H28N2O. The van der Waals surface area contributed by atoms with Crippen molar-refractivity contribution >= 4 is 0 Å². The maximum absolute atomic E-state index is 4.97. The van der Waals surface area contributed by atoms with Gasteiger partial charge in [-0.1, -0.05) is 13.8 Å². The first kappa shape index (κ1) is 14.9. The van der Waals surface area contributed by atoms with E-state index in [1.807, 2.05) is 0 Å². The third kappa shape index (κ3) is 7.77. The van der Waals surface area contributed by atoms with E-state index in [-0.39, 0.29) is 0 Å². The van der Waals surface area contributed by atoms with Crippen molar-refractivity contribution < 1.29 is 4.74 Å². The summed E-state index contributed by atoms with van der Waals surface area (Å²) in [7, 11) is 3.97. The van der Waals surface area contributed by atoms with Crippen molar-refractivity contribution in [1.82, 2.24) is 10.2 Å². The SMILES string of the molecule is CCC(CC)N(C)CCCNCCOC. The van der Waals surface area contributed by atoms with E-state index in [9.17, 15) is 0 Å². The van der Waals surface area contributed by atoms with E-state index < -0.39 is 0 Å². The molecule has 15 heavy (non-hydrogen) atoms. The molecule has 92 valence electrons. The van der Waals surface area contributed by atoms with Gasteiger partial charge in [0.25, 0.3) is 0 Å². The molecule has 0 fully saturated rings. The topological polar surface area (TPSA) is 24.5 Å². The zero-order valence-electron chi connectivity index (χ0n) is 10.9. The Morgan fingerprint density at radius 3 is 2.40 bits per heavy atom. The molecule has 0 bridgehead atoms. The molecule has 0 rings (SSSR count). The van der Waals surface area contributed by atoms with Gasteiger partial charge in [-0.05, 0) is 39.4 Å². The second-order valence-corrected chi connectivity index (χ2v) is 4.05. The molecule has 0 radical (unpaired) electrons. The Morgan fingerprint density at radius 2 is 1.87 bits per heavy atom. The summed E-state index contributed by atoms with van der Waals surface area (Å²) in [5.41, 5.74) is 0. The molecule has 0 heterocycles. The van der Waals surface area contributed by atoms with Gasteiger partial charge in [0.2, 0.25) is 0 Å². The quantitative estimate of drug-likeness (QED) is 0.563. The van der Waals surface area contributed by atoms with E-state index in [1.54, 1.807) is 7.11 Å². The van der Waals surface area contributed by atoms with Crippen LogP contribution in [0.25, 0.3) is 0 Å². The van der Waals surface area contributed by atoms with Crippen LogP contribution in [0.4, 0.5) is 0 Å². The van der Waals surface area contributed by atoms with Crippen LogP contribution in [0, 0.1) is 0 Å². The van der Waals surface area contributed by atoms with Crippen molar-refractivity contribution in [3.8, 4) is 0 Å². The molecule has 3 nitrogen and oxygen atoms in total.